The molecule has 1 heterocycles. The average Bonchev–Trinajstić information content (AvgIpc) is 2.99. The van der Waals surface area contributed by atoms with Crippen molar-refractivity contribution in [3.63, 3.8) is 0 Å². The zero-order chi connectivity index (χ0) is 19.6. The van der Waals surface area contributed by atoms with E-state index < -0.39 is 0 Å². The van der Waals surface area contributed by atoms with Gasteiger partial charge in [-0.15, -0.1) is 0 Å². The molecule has 2 fully saturated rings. The molecule has 1 aliphatic heterocycles. The summed E-state index contributed by atoms with van der Waals surface area (Å²) in [6.07, 6.45) is 5.73. The molecular formula is C23H28N2O3. The summed E-state index contributed by atoms with van der Waals surface area (Å²) < 4.78 is 10.5. The van der Waals surface area contributed by atoms with E-state index >= 15 is 0 Å². The molecule has 2 aromatic rings. The van der Waals surface area contributed by atoms with Gasteiger partial charge in [-0.25, -0.2) is 4.79 Å². The summed E-state index contributed by atoms with van der Waals surface area (Å²) >= 11 is 0. The molecule has 5 heteroatoms. The Balaban J connectivity index is 1.61. The van der Waals surface area contributed by atoms with Crippen LogP contribution in [-0.2, 0) is 6.54 Å². The van der Waals surface area contributed by atoms with Crippen molar-refractivity contribution in [2.45, 2.75) is 44.2 Å². The maximum Gasteiger partial charge on any atom is 0.325 e. The number of hydrogen-bond acceptors (Lipinski definition) is 3. The molecule has 28 heavy (non-hydrogen) atoms. The summed E-state index contributed by atoms with van der Waals surface area (Å²) in [5, 5.41) is 0. The van der Waals surface area contributed by atoms with E-state index in [0.717, 1.165) is 42.1 Å². The SMILES string of the molecule is COc1ccc(CN2CC3(CCCCC3)N(c3ccc(OC)cc3)C2=O)cc1. The Morgan fingerprint density at radius 3 is 2.00 bits per heavy atom. The summed E-state index contributed by atoms with van der Waals surface area (Å²) in [4.78, 5) is 17.5. The molecule has 0 unspecified atom stereocenters. The van der Waals surface area contributed by atoms with Gasteiger partial charge >= 0.3 is 6.03 Å². The number of amides is 2. The molecular weight excluding hydrogens is 352 g/mol. The highest BCUT2D eigenvalue weighted by molar-refractivity contribution is 5.96. The van der Waals surface area contributed by atoms with E-state index in [1.165, 1.54) is 19.3 Å². The fourth-order valence-corrected chi connectivity index (χ4v) is 4.62. The first-order valence-electron chi connectivity index (χ1n) is 10.0. The Labute approximate surface area is 166 Å². The molecule has 1 aliphatic carbocycles. The molecule has 2 amide bonds. The number of rotatable bonds is 5. The fourth-order valence-electron chi connectivity index (χ4n) is 4.62. The zero-order valence-electron chi connectivity index (χ0n) is 16.7. The molecule has 0 aromatic heterocycles. The van der Waals surface area contributed by atoms with Gasteiger partial charge < -0.3 is 14.4 Å². The van der Waals surface area contributed by atoms with E-state index in [9.17, 15) is 4.79 Å². The summed E-state index contributed by atoms with van der Waals surface area (Å²) in [5.41, 5.74) is 1.98. The number of anilines is 1. The summed E-state index contributed by atoms with van der Waals surface area (Å²) in [5.74, 6) is 1.64. The van der Waals surface area contributed by atoms with Crippen molar-refractivity contribution in [2.75, 3.05) is 25.7 Å². The molecule has 1 saturated heterocycles. The van der Waals surface area contributed by atoms with Gasteiger partial charge in [0, 0.05) is 18.8 Å². The normalized spacial score (nSPS) is 18.6. The second-order valence-electron chi connectivity index (χ2n) is 7.81. The molecule has 1 spiro atoms. The van der Waals surface area contributed by atoms with Crippen LogP contribution in [0, 0.1) is 0 Å². The van der Waals surface area contributed by atoms with Crippen LogP contribution in [0.2, 0.25) is 0 Å². The predicted molar refractivity (Wildman–Crippen MR) is 110 cm³/mol. The van der Waals surface area contributed by atoms with Crippen molar-refractivity contribution >= 4 is 11.7 Å². The second-order valence-corrected chi connectivity index (χ2v) is 7.81. The minimum absolute atomic E-state index is 0.0999. The van der Waals surface area contributed by atoms with Crippen molar-refractivity contribution in [2.24, 2.45) is 0 Å². The lowest BCUT2D eigenvalue weighted by Crippen LogP contribution is -2.48. The molecule has 0 atom stereocenters. The first-order valence-corrected chi connectivity index (χ1v) is 10.0. The van der Waals surface area contributed by atoms with Crippen LogP contribution >= 0.6 is 0 Å². The average molecular weight is 380 g/mol. The van der Waals surface area contributed by atoms with Gasteiger partial charge in [-0.1, -0.05) is 31.4 Å². The Morgan fingerprint density at radius 2 is 1.43 bits per heavy atom. The summed E-state index contributed by atoms with van der Waals surface area (Å²) in [6, 6.07) is 16.0. The second kappa shape index (κ2) is 7.74. The third kappa shape index (κ3) is 3.41. The van der Waals surface area contributed by atoms with Crippen LogP contribution in [0.1, 0.15) is 37.7 Å². The molecule has 5 nitrogen and oxygen atoms in total. The Kier molecular flexibility index (Phi) is 5.16. The van der Waals surface area contributed by atoms with Gasteiger partial charge in [0.25, 0.3) is 0 Å². The van der Waals surface area contributed by atoms with Crippen LogP contribution in [0.15, 0.2) is 48.5 Å². The van der Waals surface area contributed by atoms with Crippen molar-refractivity contribution in [3.8, 4) is 11.5 Å². The minimum Gasteiger partial charge on any atom is -0.497 e. The lowest BCUT2D eigenvalue weighted by atomic mass is 9.81. The van der Waals surface area contributed by atoms with Gasteiger partial charge in [0.05, 0.1) is 19.8 Å². The number of hydrogen-bond donors (Lipinski definition) is 0. The first kappa shape index (κ1) is 18.7. The Morgan fingerprint density at radius 1 is 0.857 bits per heavy atom. The predicted octanol–water partition coefficient (Wildman–Crippen LogP) is 4.85. The minimum atomic E-state index is -0.101. The van der Waals surface area contributed by atoms with Gasteiger partial charge in [-0.05, 0) is 54.8 Å². The van der Waals surface area contributed by atoms with E-state index in [1.807, 2.05) is 53.4 Å². The largest absolute Gasteiger partial charge is 0.497 e. The molecule has 148 valence electrons. The third-order valence-electron chi connectivity index (χ3n) is 6.07. The van der Waals surface area contributed by atoms with Crippen LogP contribution in [-0.4, -0.2) is 37.2 Å². The quantitative estimate of drug-likeness (QED) is 0.745. The van der Waals surface area contributed by atoms with E-state index in [1.54, 1.807) is 14.2 Å². The van der Waals surface area contributed by atoms with Crippen molar-refractivity contribution < 1.29 is 14.3 Å². The maximum absolute atomic E-state index is 13.5. The third-order valence-corrected chi connectivity index (χ3v) is 6.07. The smallest absolute Gasteiger partial charge is 0.325 e. The highest BCUT2D eigenvalue weighted by atomic mass is 16.5. The fraction of sp³-hybridized carbons (Fsp3) is 0.435. The van der Waals surface area contributed by atoms with Crippen LogP contribution in [0.25, 0.3) is 0 Å². The number of methoxy groups -OCH3 is 2. The molecule has 4 rings (SSSR count). The van der Waals surface area contributed by atoms with Gasteiger partial charge in [-0.2, -0.15) is 0 Å². The number of urea groups is 1. The van der Waals surface area contributed by atoms with Gasteiger partial charge in [-0.3, -0.25) is 4.90 Å². The first-order chi connectivity index (χ1) is 13.6. The summed E-state index contributed by atoms with van der Waals surface area (Å²) in [6.45, 7) is 1.40. The molecule has 0 bridgehead atoms. The van der Waals surface area contributed by atoms with E-state index in [4.69, 9.17) is 9.47 Å². The van der Waals surface area contributed by atoms with Crippen LogP contribution in [0.3, 0.4) is 0 Å². The lowest BCUT2D eigenvalue weighted by Gasteiger charge is -2.40. The Hall–Kier alpha value is -2.69. The molecule has 2 aliphatic rings. The van der Waals surface area contributed by atoms with Gasteiger partial charge in [0.1, 0.15) is 11.5 Å². The molecule has 2 aromatic carbocycles. The highest BCUT2D eigenvalue weighted by Gasteiger charge is 2.50. The van der Waals surface area contributed by atoms with Crippen molar-refractivity contribution in [1.29, 1.82) is 0 Å². The maximum atomic E-state index is 13.5. The monoisotopic (exact) mass is 380 g/mol. The van der Waals surface area contributed by atoms with Gasteiger partial charge in [0.2, 0.25) is 0 Å². The van der Waals surface area contributed by atoms with Crippen LogP contribution in [0.4, 0.5) is 10.5 Å². The number of benzene rings is 2. The van der Waals surface area contributed by atoms with Crippen LogP contribution < -0.4 is 14.4 Å². The number of carbonyl (C=O) groups is 1. The zero-order valence-corrected chi connectivity index (χ0v) is 16.7. The lowest BCUT2D eigenvalue weighted by molar-refractivity contribution is 0.215. The Bertz CT molecular complexity index is 811. The van der Waals surface area contributed by atoms with E-state index in [-0.39, 0.29) is 11.6 Å². The molecule has 1 saturated carbocycles. The van der Waals surface area contributed by atoms with Crippen molar-refractivity contribution in [3.05, 3.63) is 54.1 Å². The molecule has 0 N–H and O–H groups in total. The number of carbonyl (C=O) groups excluding carboxylic acids is 1. The van der Waals surface area contributed by atoms with Gasteiger partial charge in [0.15, 0.2) is 0 Å². The topological polar surface area (TPSA) is 42.0 Å². The standard InChI is InChI=1S/C23H28N2O3/c1-27-20-10-6-18(7-11-20)16-24-17-23(14-4-3-5-15-23)25(22(24)26)19-8-12-21(28-2)13-9-19/h6-13H,3-5,14-17H2,1-2H3. The number of nitrogens with zero attached hydrogens (tertiary/aromatic N) is 2. The molecule has 0 radical (unpaired) electrons. The van der Waals surface area contributed by atoms with E-state index in [2.05, 4.69) is 4.90 Å². The van der Waals surface area contributed by atoms with Crippen LogP contribution in [0.5, 0.6) is 11.5 Å². The highest BCUT2D eigenvalue weighted by Crippen LogP contribution is 2.43. The van der Waals surface area contributed by atoms with E-state index in [0.29, 0.717) is 6.54 Å². The summed E-state index contributed by atoms with van der Waals surface area (Å²) in [7, 11) is 3.33. The van der Waals surface area contributed by atoms with Crippen molar-refractivity contribution in [1.82, 2.24) is 4.90 Å². The number of ether oxygens (including phenoxy) is 2.